The Morgan fingerprint density at radius 3 is 2.68 bits per heavy atom. The van der Waals surface area contributed by atoms with E-state index < -0.39 is 5.97 Å². The Balaban J connectivity index is 1.99. The number of hydrogen-bond acceptors (Lipinski definition) is 4. The van der Waals surface area contributed by atoms with Crippen LogP contribution in [-0.4, -0.2) is 32.8 Å². The number of H-pyrrole nitrogens is 1. The molecule has 0 fully saturated rings. The number of aromatic amines is 1. The van der Waals surface area contributed by atoms with E-state index >= 15 is 0 Å². The SMILES string of the molecule is Cc1[nH]nc2ccc(-c3c(NCC(C)C)cnc4ccc(C(=O)O)cc34)cc12. The molecule has 0 radical (unpaired) electrons. The lowest BCUT2D eigenvalue weighted by Crippen LogP contribution is -2.09. The third-order valence-electron chi connectivity index (χ3n) is 4.85. The van der Waals surface area contributed by atoms with Crippen LogP contribution < -0.4 is 5.32 Å². The second-order valence-electron chi connectivity index (χ2n) is 7.44. The molecular formula is C22H22N4O2. The number of carboxylic acid groups (broad SMARTS) is 1. The molecule has 6 heteroatoms. The van der Waals surface area contributed by atoms with Crippen molar-refractivity contribution < 1.29 is 9.90 Å². The summed E-state index contributed by atoms with van der Waals surface area (Å²) in [5.41, 5.74) is 5.76. The van der Waals surface area contributed by atoms with Crippen LogP contribution in [0.3, 0.4) is 0 Å². The topological polar surface area (TPSA) is 90.9 Å². The fourth-order valence-corrected chi connectivity index (χ4v) is 3.38. The minimum absolute atomic E-state index is 0.247. The number of nitrogens with one attached hydrogen (secondary N) is 2. The molecule has 2 heterocycles. The van der Waals surface area contributed by atoms with Crippen LogP contribution in [0.4, 0.5) is 5.69 Å². The third kappa shape index (κ3) is 3.17. The average Bonchev–Trinajstić information content (AvgIpc) is 3.05. The molecule has 0 aliphatic carbocycles. The van der Waals surface area contributed by atoms with Crippen molar-refractivity contribution in [3.63, 3.8) is 0 Å². The highest BCUT2D eigenvalue weighted by atomic mass is 16.4. The van der Waals surface area contributed by atoms with E-state index in [9.17, 15) is 9.90 Å². The average molecular weight is 374 g/mol. The van der Waals surface area contributed by atoms with Crippen LogP contribution in [0.5, 0.6) is 0 Å². The van der Waals surface area contributed by atoms with Crippen LogP contribution >= 0.6 is 0 Å². The molecule has 0 atom stereocenters. The molecule has 0 aliphatic rings. The molecule has 4 rings (SSSR count). The summed E-state index contributed by atoms with van der Waals surface area (Å²) in [5, 5.41) is 22.1. The fraction of sp³-hybridized carbons (Fsp3) is 0.227. The Bertz CT molecular complexity index is 1190. The molecule has 0 aliphatic heterocycles. The zero-order valence-corrected chi connectivity index (χ0v) is 16.1. The van der Waals surface area contributed by atoms with Gasteiger partial charge in [-0.05, 0) is 48.7 Å². The van der Waals surface area contributed by atoms with Gasteiger partial charge in [0.05, 0.1) is 28.5 Å². The minimum atomic E-state index is -0.950. The molecular weight excluding hydrogens is 352 g/mol. The van der Waals surface area contributed by atoms with E-state index in [1.807, 2.05) is 25.3 Å². The number of carboxylic acids is 1. The number of pyridine rings is 1. The van der Waals surface area contributed by atoms with Gasteiger partial charge in [-0.3, -0.25) is 10.1 Å². The number of benzene rings is 2. The number of carbonyl (C=O) groups is 1. The summed E-state index contributed by atoms with van der Waals surface area (Å²) in [6.07, 6.45) is 1.83. The van der Waals surface area contributed by atoms with E-state index in [0.717, 1.165) is 50.9 Å². The summed E-state index contributed by atoms with van der Waals surface area (Å²) < 4.78 is 0. The molecule has 0 saturated carbocycles. The molecule has 6 nitrogen and oxygen atoms in total. The summed E-state index contributed by atoms with van der Waals surface area (Å²) >= 11 is 0. The van der Waals surface area contributed by atoms with Gasteiger partial charge in [0.2, 0.25) is 0 Å². The van der Waals surface area contributed by atoms with Crippen molar-refractivity contribution in [1.82, 2.24) is 15.2 Å². The maximum atomic E-state index is 11.5. The summed E-state index contributed by atoms with van der Waals surface area (Å²) in [6, 6.07) is 11.1. The van der Waals surface area contributed by atoms with Crippen LogP contribution in [0.1, 0.15) is 29.9 Å². The predicted molar refractivity (Wildman–Crippen MR) is 112 cm³/mol. The molecule has 2 aromatic carbocycles. The van der Waals surface area contributed by atoms with Crippen molar-refractivity contribution in [3.8, 4) is 11.1 Å². The number of aromatic carboxylic acids is 1. The van der Waals surface area contributed by atoms with E-state index in [0.29, 0.717) is 5.92 Å². The lowest BCUT2D eigenvalue weighted by Gasteiger charge is -2.16. The largest absolute Gasteiger partial charge is 0.478 e. The van der Waals surface area contributed by atoms with Gasteiger partial charge in [0.15, 0.2) is 0 Å². The van der Waals surface area contributed by atoms with Gasteiger partial charge < -0.3 is 10.4 Å². The Kier molecular flexibility index (Phi) is 4.47. The molecule has 0 amide bonds. The van der Waals surface area contributed by atoms with Crippen LogP contribution in [0, 0.1) is 12.8 Å². The lowest BCUT2D eigenvalue weighted by molar-refractivity contribution is 0.0697. The number of aryl methyl sites for hydroxylation is 1. The number of rotatable bonds is 5. The summed E-state index contributed by atoms with van der Waals surface area (Å²) in [6.45, 7) is 7.07. The first kappa shape index (κ1) is 18.0. The van der Waals surface area contributed by atoms with Crippen molar-refractivity contribution in [1.29, 1.82) is 0 Å². The monoisotopic (exact) mass is 374 g/mol. The van der Waals surface area contributed by atoms with E-state index in [2.05, 4.69) is 40.4 Å². The van der Waals surface area contributed by atoms with E-state index in [1.54, 1.807) is 18.2 Å². The van der Waals surface area contributed by atoms with Gasteiger partial charge in [-0.1, -0.05) is 19.9 Å². The Hall–Kier alpha value is -3.41. The number of fused-ring (bicyclic) bond motifs is 2. The minimum Gasteiger partial charge on any atom is -0.478 e. The Morgan fingerprint density at radius 1 is 1.14 bits per heavy atom. The van der Waals surface area contributed by atoms with E-state index in [1.165, 1.54) is 0 Å². The standard InChI is InChI=1S/C22H22N4O2/c1-12(2)10-23-20-11-24-18-6-5-15(22(27)28)9-17(18)21(20)14-4-7-19-16(8-14)13(3)25-26-19/h4-9,11-12,23H,10H2,1-3H3,(H,25,26)(H,27,28). The van der Waals surface area contributed by atoms with Gasteiger partial charge >= 0.3 is 5.97 Å². The molecule has 142 valence electrons. The molecule has 4 aromatic rings. The molecule has 0 bridgehead atoms. The van der Waals surface area contributed by atoms with Gasteiger partial charge in [0, 0.05) is 28.6 Å². The van der Waals surface area contributed by atoms with Crippen LogP contribution in [0.25, 0.3) is 32.9 Å². The van der Waals surface area contributed by atoms with Crippen molar-refractivity contribution in [2.45, 2.75) is 20.8 Å². The third-order valence-corrected chi connectivity index (χ3v) is 4.85. The number of nitrogens with zero attached hydrogens (tertiary/aromatic N) is 2. The van der Waals surface area contributed by atoms with E-state index in [4.69, 9.17) is 0 Å². The number of hydrogen-bond donors (Lipinski definition) is 3. The lowest BCUT2D eigenvalue weighted by atomic mass is 9.96. The second kappa shape index (κ2) is 6.96. The van der Waals surface area contributed by atoms with Gasteiger partial charge in [0.1, 0.15) is 0 Å². The number of aromatic nitrogens is 3. The normalized spacial score (nSPS) is 11.4. The highest BCUT2D eigenvalue weighted by Gasteiger charge is 2.15. The molecule has 0 spiro atoms. The molecule has 28 heavy (non-hydrogen) atoms. The van der Waals surface area contributed by atoms with Gasteiger partial charge in [-0.2, -0.15) is 5.10 Å². The summed E-state index contributed by atoms with van der Waals surface area (Å²) in [7, 11) is 0. The van der Waals surface area contributed by atoms with Crippen molar-refractivity contribution in [2.75, 3.05) is 11.9 Å². The van der Waals surface area contributed by atoms with Crippen LogP contribution in [0.2, 0.25) is 0 Å². The number of anilines is 1. The van der Waals surface area contributed by atoms with Gasteiger partial charge in [0.25, 0.3) is 0 Å². The van der Waals surface area contributed by atoms with Crippen molar-refractivity contribution >= 4 is 33.5 Å². The maximum Gasteiger partial charge on any atom is 0.335 e. The molecule has 0 unspecified atom stereocenters. The van der Waals surface area contributed by atoms with Crippen LogP contribution in [-0.2, 0) is 0 Å². The van der Waals surface area contributed by atoms with Crippen LogP contribution in [0.15, 0.2) is 42.6 Å². The summed E-state index contributed by atoms with van der Waals surface area (Å²) in [5.74, 6) is -0.484. The molecule has 2 aromatic heterocycles. The smallest absolute Gasteiger partial charge is 0.335 e. The van der Waals surface area contributed by atoms with Gasteiger partial charge in [-0.15, -0.1) is 0 Å². The highest BCUT2D eigenvalue weighted by Crippen LogP contribution is 2.36. The van der Waals surface area contributed by atoms with Crippen molar-refractivity contribution in [2.24, 2.45) is 5.92 Å². The predicted octanol–water partition coefficient (Wildman–Crippen LogP) is 4.85. The second-order valence-corrected chi connectivity index (χ2v) is 7.44. The van der Waals surface area contributed by atoms with Crippen molar-refractivity contribution in [3.05, 3.63) is 53.9 Å². The maximum absolute atomic E-state index is 11.5. The first-order valence-electron chi connectivity index (χ1n) is 9.29. The Labute approximate surface area is 162 Å². The molecule has 3 N–H and O–H groups in total. The zero-order valence-electron chi connectivity index (χ0n) is 16.1. The Morgan fingerprint density at radius 2 is 1.93 bits per heavy atom. The quantitative estimate of drug-likeness (QED) is 0.464. The van der Waals surface area contributed by atoms with Gasteiger partial charge in [-0.25, -0.2) is 4.79 Å². The fourth-order valence-electron chi connectivity index (χ4n) is 3.38. The first-order chi connectivity index (χ1) is 13.4. The highest BCUT2D eigenvalue weighted by molar-refractivity contribution is 6.05. The van der Waals surface area contributed by atoms with E-state index in [-0.39, 0.29) is 5.56 Å². The summed E-state index contributed by atoms with van der Waals surface area (Å²) in [4.78, 5) is 16.1. The zero-order chi connectivity index (χ0) is 19.8. The molecule has 0 saturated heterocycles. The first-order valence-corrected chi connectivity index (χ1v) is 9.29.